The molecule has 0 atom stereocenters. The smallest absolute Gasteiger partial charge is 0.189 e. The van der Waals surface area contributed by atoms with Crippen molar-refractivity contribution in [1.29, 1.82) is 0 Å². The predicted octanol–water partition coefficient (Wildman–Crippen LogP) is 3.41. The Morgan fingerprint density at radius 2 is 2.25 bits per heavy atom. The van der Waals surface area contributed by atoms with Crippen LogP contribution in [0, 0.1) is 0 Å². The summed E-state index contributed by atoms with van der Waals surface area (Å²) in [6.45, 7) is 3.01. The van der Waals surface area contributed by atoms with E-state index >= 15 is 0 Å². The minimum absolute atomic E-state index is 0.209. The molecule has 0 saturated carbocycles. The van der Waals surface area contributed by atoms with Crippen LogP contribution in [0.4, 0.5) is 0 Å². The zero-order valence-corrected chi connectivity index (χ0v) is 10.8. The first-order valence-electron chi connectivity index (χ1n) is 5.23. The standard InChI is InChI=1S/C12H15BrO3/c1-2-3-7-15-9-16-11-6-4-5-10(8-14)12(11)13/h4-6,8H,2-3,7,9H2,1H3. The lowest BCUT2D eigenvalue weighted by atomic mass is 10.2. The molecule has 4 heteroatoms. The van der Waals surface area contributed by atoms with E-state index in [-0.39, 0.29) is 6.79 Å². The van der Waals surface area contributed by atoms with E-state index in [0.717, 1.165) is 19.1 Å². The van der Waals surface area contributed by atoms with Crippen molar-refractivity contribution in [2.75, 3.05) is 13.4 Å². The van der Waals surface area contributed by atoms with Crippen molar-refractivity contribution in [2.24, 2.45) is 0 Å². The highest BCUT2D eigenvalue weighted by Gasteiger charge is 2.05. The van der Waals surface area contributed by atoms with Gasteiger partial charge in [0.05, 0.1) is 11.1 Å². The van der Waals surface area contributed by atoms with E-state index in [1.807, 2.05) is 0 Å². The maximum Gasteiger partial charge on any atom is 0.189 e. The zero-order valence-electron chi connectivity index (χ0n) is 9.24. The highest BCUT2D eigenvalue weighted by molar-refractivity contribution is 9.10. The maximum atomic E-state index is 10.7. The van der Waals surface area contributed by atoms with Crippen LogP contribution >= 0.6 is 15.9 Å². The van der Waals surface area contributed by atoms with E-state index in [1.165, 1.54) is 0 Å². The zero-order chi connectivity index (χ0) is 11.8. The molecule has 0 fully saturated rings. The van der Waals surface area contributed by atoms with Gasteiger partial charge in [0, 0.05) is 5.56 Å². The van der Waals surface area contributed by atoms with E-state index in [0.29, 0.717) is 22.4 Å². The highest BCUT2D eigenvalue weighted by atomic mass is 79.9. The molecule has 1 rings (SSSR count). The number of benzene rings is 1. The third-order valence-corrected chi connectivity index (χ3v) is 2.91. The first-order chi connectivity index (χ1) is 7.79. The second-order valence-electron chi connectivity index (χ2n) is 3.30. The predicted molar refractivity (Wildman–Crippen MR) is 65.9 cm³/mol. The van der Waals surface area contributed by atoms with Gasteiger partial charge in [0.1, 0.15) is 5.75 Å². The number of hydrogen-bond acceptors (Lipinski definition) is 3. The fraction of sp³-hybridized carbons (Fsp3) is 0.417. The second-order valence-corrected chi connectivity index (χ2v) is 4.09. The Bertz CT molecular complexity index is 339. The van der Waals surface area contributed by atoms with Crippen LogP contribution in [0.15, 0.2) is 22.7 Å². The van der Waals surface area contributed by atoms with Gasteiger partial charge in [-0.25, -0.2) is 0 Å². The number of aldehydes is 1. The Balaban J connectivity index is 2.44. The molecular formula is C12H15BrO3. The maximum absolute atomic E-state index is 10.7. The fourth-order valence-corrected chi connectivity index (χ4v) is 1.61. The Kier molecular flexibility index (Phi) is 6.11. The largest absolute Gasteiger partial charge is 0.466 e. The summed E-state index contributed by atoms with van der Waals surface area (Å²) in [7, 11) is 0. The summed E-state index contributed by atoms with van der Waals surface area (Å²) in [5.74, 6) is 0.626. The number of halogens is 1. The normalized spacial score (nSPS) is 10.1. The topological polar surface area (TPSA) is 35.5 Å². The molecule has 1 aromatic rings. The molecule has 0 amide bonds. The van der Waals surface area contributed by atoms with E-state index < -0.39 is 0 Å². The van der Waals surface area contributed by atoms with Crippen molar-refractivity contribution in [1.82, 2.24) is 0 Å². The Morgan fingerprint density at radius 3 is 2.94 bits per heavy atom. The Labute approximate surface area is 104 Å². The molecule has 0 unspecified atom stereocenters. The van der Waals surface area contributed by atoms with Crippen LogP contribution in [0.2, 0.25) is 0 Å². The molecule has 0 spiro atoms. The fourth-order valence-electron chi connectivity index (χ4n) is 1.14. The lowest BCUT2D eigenvalue weighted by Crippen LogP contribution is -2.04. The van der Waals surface area contributed by atoms with Gasteiger partial charge >= 0.3 is 0 Å². The van der Waals surface area contributed by atoms with Gasteiger partial charge in [-0.2, -0.15) is 0 Å². The summed E-state index contributed by atoms with van der Waals surface area (Å²) >= 11 is 3.31. The van der Waals surface area contributed by atoms with Gasteiger partial charge in [-0.05, 0) is 28.4 Å². The van der Waals surface area contributed by atoms with Crippen molar-refractivity contribution < 1.29 is 14.3 Å². The van der Waals surface area contributed by atoms with Crippen LogP contribution < -0.4 is 4.74 Å². The van der Waals surface area contributed by atoms with Crippen molar-refractivity contribution >= 4 is 22.2 Å². The summed E-state index contributed by atoms with van der Waals surface area (Å²) < 4.78 is 11.3. The van der Waals surface area contributed by atoms with Gasteiger partial charge < -0.3 is 9.47 Å². The minimum Gasteiger partial charge on any atom is -0.466 e. The highest BCUT2D eigenvalue weighted by Crippen LogP contribution is 2.27. The van der Waals surface area contributed by atoms with Crippen molar-refractivity contribution in [2.45, 2.75) is 19.8 Å². The first kappa shape index (κ1) is 13.2. The van der Waals surface area contributed by atoms with Crippen molar-refractivity contribution in [3.8, 4) is 5.75 Å². The number of ether oxygens (including phenoxy) is 2. The average molecular weight is 287 g/mol. The quantitative estimate of drug-likeness (QED) is 0.438. The molecule has 3 nitrogen and oxygen atoms in total. The molecule has 0 radical (unpaired) electrons. The molecule has 0 aromatic heterocycles. The first-order valence-corrected chi connectivity index (χ1v) is 6.03. The van der Waals surface area contributed by atoms with Crippen molar-refractivity contribution in [3.05, 3.63) is 28.2 Å². The number of carbonyl (C=O) groups excluding carboxylic acids is 1. The molecule has 16 heavy (non-hydrogen) atoms. The molecule has 0 aliphatic carbocycles. The third-order valence-electron chi connectivity index (χ3n) is 2.06. The van der Waals surface area contributed by atoms with E-state index in [1.54, 1.807) is 18.2 Å². The summed E-state index contributed by atoms with van der Waals surface area (Å²) in [6, 6.07) is 5.29. The van der Waals surface area contributed by atoms with Crippen LogP contribution in [-0.2, 0) is 4.74 Å². The van der Waals surface area contributed by atoms with Gasteiger partial charge in [0.15, 0.2) is 13.1 Å². The molecule has 0 N–H and O–H groups in total. The van der Waals surface area contributed by atoms with Gasteiger partial charge in [-0.3, -0.25) is 4.79 Å². The van der Waals surface area contributed by atoms with Gasteiger partial charge in [0.2, 0.25) is 0 Å². The SMILES string of the molecule is CCCCOCOc1cccc(C=O)c1Br. The average Bonchev–Trinajstić information content (AvgIpc) is 2.31. The lowest BCUT2D eigenvalue weighted by molar-refractivity contribution is 0.0136. The molecule has 88 valence electrons. The van der Waals surface area contributed by atoms with Gasteiger partial charge in [0.25, 0.3) is 0 Å². The van der Waals surface area contributed by atoms with Crippen LogP contribution in [0.25, 0.3) is 0 Å². The lowest BCUT2D eigenvalue weighted by Gasteiger charge is -2.09. The molecule has 1 aromatic carbocycles. The minimum atomic E-state index is 0.209. The van der Waals surface area contributed by atoms with E-state index in [2.05, 4.69) is 22.9 Å². The van der Waals surface area contributed by atoms with Gasteiger partial charge in [-0.1, -0.05) is 25.5 Å². The number of hydrogen-bond donors (Lipinski definition) is 0. The summed E-state index contributed by atoms with van der Waals surface area (Å²) in [4.78, 5) is 10.7. The van der Waals surface area contributed by atoms with Crippen LogP contribution in [0.1, 0.15) is 30.1 Å². The van der Waals surface area contributed by atoms with Crippen LogP contribution in [0.5, 0.6) is 5.75 Å². The molecular weight excluding hydrogens is 272 g/mol. The number of unbranched alkanes of at least 4 members (excludes halogenated alkanes) is 1. The van der Waals surface area contributed by atoms with Gasteiger partial charge in [-0.15, -0.1) is 0 Å². The molecule has 0 bridgehead atoms. The Morgan fingerprint density at radius 1 is 1.44 bits per heavy atom. The Hall–Kier alpha value is -0.870. The monoisotopic (exact) mass is 286 g/mol. The number of rotatable bonds is 7. The van der Waals surface area contributed by atoms with E-state index in [4.69, 9.17) is 9.47 Å². The molecule has 0 saturated heterocycles. The summed E-state index contributed by atoms with van der Waals surface area (Å²) in [6.07, 6.45) is 2.91. The third kappa shape index (κ3) is 3.94. The number of carbonyl (C=O) groups is 1. The van der Waals surface area contributed by atoms with Crippen molar-refractivity contribution in [3.63, 3.8) is 0 Å². The molecule has 0 heterocycles. The van der Waals surface area contributed by atoms with Crippen LogP contribution in [-0.4, -0.2) is 19.7 Å². The summed E-state index contributed by atoms with van der Waals surface area (Å²) in [5.41, 5.74) is 0.575. The second kappa shape index (κ2) is 7.41. The molecule has 0 aliphatic heterocycles. The molecule has 0 aliphatic rings. The summed E-state index contributed by atoms with van der Waals surface area (Å²) in [5, 5.41) is 0. The van der Waals surface area contributed by atoms with E-state index in [9.17, 15) is 4.79 Å². The van der Waals surface area contributed by atoms with Crippen LogP contribution in [0.3, 0.4) is 0 Å².